The quantitative estimate of drug-likeness (QED) is 0.377. The van der Waals surface area contributed by atoms with Crippen molar-refractivity contribution in [2.45, 2.75) is 27.4 Å². The maximum absolute atomic E-state index is 12.9. The Labute approximate surface area is 220 Å². The van der Waals surface area contributed by atoms with Gasteiger partial charge in [-0.25, -0.2) is 0 Å². The number of imide groups is 1. The molecule has 0 unspecified atom stereocenters. The van der Waals surface area contributed by atoms with Crippen molar-refractivity contribution in [3.8, 4) is 11.5 Å². The van der Waals surface area contributed by atoms with Gasteiger partial charge >= 0.3 is 0 Å². The number of methoxy groups -OCH3 is 1. The molecule has 8 heteroatoms. The average molecular weight is 517 g/mol. The summed E-state index contributed by atoms with van der Waals surface area (Å²) in [5, 5.41) is 2.30. The van der Waals surface area contributed by atoms with E-state index in [1.54, 1.807) is 31.4 Å². The van der Waals surface area contributed by atoms with Gasteiger partial charge < -0.3 is 14.8 Å². The molecule has 7 nitrogen and oxygen atoms in total. The number of hydrogen-bond acceptors (Lipinski definition) is 6. The van der Waals surface area contributed by atoms with Crippen molar-refractivity contribution in [3.63, 3.8) is 0 Å². The first-order valence-electron chi connectivity index (χ1n) is 11.7. The van der Waals surface area contributed by atoms with E-state index in [1.807, 2.05) is 63.2 Å². The standard InChI is InChI=1S/C29H28N2O5S/c1-18-6-9-21(10-7-18)17-36-24-12-11-22(14-25(24)35-4)15-26-28(33)31(29(34)37-26)16-27(32)30-23-13-19(2)5-8-20(23)3/h5-15H,16-17H2,1-4H3,(H,30,32)/b26-15+. The Morgan fingerprint density at radius 1 is 0.946 bits per heavy atom. The number of ether oxygens (including phenoxy) is 2. The van der Waals surface area contributed by atoms with Crippen LogP contribution in [-0.4, -0.2) is 35.6 Å². The molecule has 3 aromatic carbocycles. The third-order valence-corrected chi connectivity index (χ3v) is 6.75. The largest absolute Gasteiger partial charge is 0.493 e. The van der Waals surface area contributed by atoms with Crippen LogP contribution in [0.3, 0.4) is 0 Å². The number of aryl methyl sites for hydroxylation is 3. The Kier molecular flexibility index (Phi) is 7.98. The number of rotatable bonds is 8. The van der Waals surface area contributed by atoms with Crippen LogP contribution in [0.25, 0.3) is 6.08 Å². The molecule has 1 aliphatic heterocycles. The highest BCUT2D eigenvalue weighted by Gasteiger charge is 2.36. The van der Waals surface area contributed by atoms with Crippen molar-refractivity contribution in [1.29, 1.82) is 0 Å². The van der Waals surface area contributed by atoms with Crippen LogP contribution in [0.1, 0.15) is 27.8 Å². The zero-order valence-corrected chi connectivity index (χ0v) is 22.0. The first-order valence-corrected chi connectivity index (χ1v) is 12.5. The second-order valence-corrected chi connectivity index (χ2v) is 9.81. The molecular formula is C29H28N2O5S. The van der Waals surface area contributed by atoms with E-state index < -0.39 is 17.1 Å². The molecule has 1 fully saturated rings. The van der Waals surface area contributed by atoms with Crippen molar-refractivity contribution >= 4 is 40.6 Å². The molecule has 1 heterocycles. The Morgan fingerprint density at radius 2 is 1.68 bits per heavy atom. The predicted octanol–water partition coefficient (Wildman–Crippen LogP) is 5.87. The number of amides is 3. The fourth-order valence-corrected chi connectivity index (χ4v) is 4.57. The fraction of sp³-hybridized carbons (Fsp3) is 0.207. The summed E-state index contributed by atoms with van der Waals surface area (Å²) in [5.41, 5.74) is 5.43. The maximum Gasteiger partial charge on any atom is 0.294 e. The lowest BCUT2D eigenvalue weighted by atomic mass is 10.1. The van der Waals surface area contributed by atoms with Gasteiger partial charge in [0.15, 0.2) is 11.5 Å². The second-order valence-electron chi connectivity index (χ2n) is 8.82. The van der Waals surface area contributed by atoms with Crippen LogP contribution in [0.5, 0.6) is 11.5 Å². The normalized spacial score (nSPS) is 14.3. The third-order valence-electron chi connectivity index (χ3n) is 5.84. The van der Waals surface area contributed by atoms with Gasteiger partial charge in [0.25, 0.3) is 11.1 Å². The van der Waals surface area contributed by atoms with Crippen molar-refractivity contribution in [2.75, 3.05) is 19.0 Å². The molecule has 3 amide bonds. The average Bonchev–Trinajstić information content (AvgIpc) is 3.13. The second kappa shape index (κ2) is 11.3. The summed E-state index contributed by atoms with van der Waals surface area (Å²) >= 11 is 0.803. The van der Waals surface area contributed by atoms with Gasteiger partial charge in [-0.05, 0) is 79.1 Å². The molecule has 1 N–H and O–H groups in total. The number of nitrogens with zero attached hydrogens (tertiary/aromatic N) is 1. The Morgan fingerprint density at radius 3 is 2.41 bits per heavy atom. The smallest absolute Gasteiger partial charge is 0.294 e. The van der Waals surface area contributed by atoms with Gasteiger partial charge in [-0.15, -0.1) is 0 Å². The molecule has 0 aromatic heterocycles. The van der Waals surface area contributed by atoms with Crippen molar-refractivity contribution in [1.82, 2.24) is 4.90 Å². The molecule has 0 atom stereocenters. The van der Waals surface area contributed by atoms with Crippen LogP contribution in [0.15, 0.2) is 65.6 Å². The third kappa shape index (κ3) is 6.40. The molecule has 0 spiro atoms. The van der Waals surface area contributed by atoms with Crippen LogP contribution in [0.4, 0.5) is 10.5 Å². The number of hydrogen-bond donors (Lipinski definition) is 1. The molecule has 0 saturated carbocycles. The van der Waals surface area contributed by atoms with Crippen LogP contribution >= 0.6 is 11.8 Å². The summed E-state index contributed by atoms with van der Waals surface area (Å²) in [6, 6.07) is 19.1. The van der Waals surface area contributed by atoms with Gasteiger partial charge in [0.05, 0.1) is 12.0 Å². The summed E-state index contributed by atoms with van der Waals surface area (Å²) in [5.74, 6) is 0.128. The predicted molar refractivity (Wildman–Crippen MR) is 146 cm³/mol. The first kappa shape index (κ1) is 26.0. The summed E-state index contributed by atoms with van der Waals surface area (Å²) < 4.78 is 11.4. The van der Waals surface area contributed by atoms with Crippen LogP contribution in [0, 0.1) is 20.8 Å². The minimum Gasteiger partial charge on any atom is -0.493 e. The number of carbonyl (C=O) groups is 3. The molecule has 1 saturated heterocycles. The Bertz CT molecular complexity index is 1380. The van der Waals surface area contributed by atoms with Gasteiger partial charge in [0.2, 0.25) is 5.91 Å². The lowest BCUT2D eigenvalue weighted by Crippen LogP contribution is -2.36. The zero-order valence-electron chi connectivity index (χ0n) is 21.2. The minimum absolute atomic E-state index is 0.236. The molecule has 0 aliphatic carbocycles. The molecule has 1 aliphatic rings. The minimum atomic E-state index is -0.509. The van der Waals surface area contributed by atoms with Crippen molar-refractivity contribution in [3.05, 3.63) is 93.4 Å². The number of anilines is 1. The monoisotopic (exact) mass is 516 g/mol. The number of carbonyl (C=O) groups excluding carboxylic acids is 3. The molecule has 0 bridgehead atoms. The highest BCUT2D eigenvalue weighted by atomic mass is 32.2. The lowest BCUT2D eigenvalue weighted by molar-refractivity contribution is -0.127. The summed E-state index contributed by atoms with van der Waals surface area (Å²) in [7, 11) is 1.54. The Balaban J connectivity index is 1.43. The van der Waals surface area contributed by atoms with Crippen LogP contribution in [-0.2, 0) is 16.2 Å². The van der Waals surface area contributed by atoms with E-state index >= 15 is 0 Å². The molecule has 3 aromatic rings. The number of thioether (sulfide) groups is 1. The SMILES string of the molecule is COc1cc(/C=C2/SC(=O)N(CC(=O)Nc3cc(C)ccc3C)C2=O)ccc1OCc1ccc(C)cc1. The molecule has 4 rings (SSSR count). The summed E-state index contributed by atoms with van der Waals surface area (Å²) in [6.45, 7) is 5.87. The molecule has 190 valence electrons. The van der Waals surface area contributed by atoms with Crippen LogP contribution in [0.2, 0.25) is 0 Å². The van der Waals surface area contributed by atoms with E-state index in [-0.39, 0.29) is 11.4 Å². The van der Waals surface area contributed by atoms with E-state index in [4.69, 9.17) is 9.47 Å². The fourth-order valence-electron chi connectivity index (χ4n) is 3.73. The molecular weight excluding hydrogens is 488 g/mol. The first-order chi connectivity index (χ1) is 17.7. The van der Waals surface area contributed by atoms with Crippen molar-refractivity contribution < 1.29 is 23.9 Å². The van der Waals surface area contributed by atoms with E-state index in [0.717, 1.165) is 33.4 Å². The van der Waals surface area contributed by atoms with Gasteiger partial charge in [0.1, 0.15) is 13.2 Å². The van der Waals surface area contributed by atoms with Crippen LogP contribution < -0.4 is 14.8 Å². The molecule has 37 heavy (non-hydrogen) atoms. The topological polar surface area (TPSA) is 84.9 Å². The van der Waals surface area contributed by atoms with E-state index in [2.05, 4.69) is 5.32 Å². The van der Waals surface area contributed by atoms with Gasteiger partial charge in [-0.3, -0.25) is 19.3 Å². The van der Waals surface area contributed by atoms with Gasteiger partial charge in [-0.1, -0.05) is 48.0 Å². The molecule has 0 radical (unpaired) electrons. The zero-order chi connectivity index (χ0) is 26.5. The van der Waals surface area contributed by atoms with E-state index in [0.29, 0.717) is 29.4 Å². The lowest BCUT2D eigenvalue weighted by Gasteiger charge is -2.14. The summed E-state index contributed by atoms with van der Waals surface area (Å²) in [4.78, 5) is 39.2. The maximum atomic E-state index is 12.9. The number of benzene rings is 3. The van der Waals surface area contributed by atoms with Crippen molar-refractivity contribution in [2.24, 2.45) is 0 Å². The van der Waals surface area contributed by atoms with E-state index in [9.17, 15) is 14.4 Å². The highest BCUT2D eigenvalue weighted by Crippen LogP contribution is 2.35. The number of nitrogens with one attached hydrogen (secondary N) is 1. The summed E-state index contributed by atoms with van der Waals surface area (Å²) in [6.07, 6.45) is 1.61. The van der Waals surface area contributed by atoms with E-state index in [1.165, 1.54) is 5.56 Å². The van der Waals surface area contributed by atoms with Gasteiger partial charge in [0, 0.05) is 5.69 Å². The Hall–Kier alpha value is -4.04. The van der Waals surface area contributed by atoms with Gasteiger partial charge in [-0.2, -0.15) is 0 Å². The highest BCUT2D eigenvalue weighted by molar-refractivity contribution is 8.18.